The van der Waals surface area contributed by atoms with E-state index in [2.05, 4.69) is 5.43 Å². The zero-order chi connectivity index (χ0) is 32.7. The number of anilines is 1. The molecule has 11 heteroatoms. The van der Waals surface area contributed by atoms with Crippen molar-refractivity contribution in [2.24, 2.45) is 23.7 Å². The SMILES string of the molecule is COc1ccc(C23C(=O)N(Nc4ccc(Cl)cc4Cl)C(=O)C2CC2C(=CCC4C(=O)N(C)C(=O)C42)C3c2ccc(O)c(C)c2)cc1. The Bertz CT molecular complexity index is 1860. The number of amides is 4. The Balaban J connectivity index is 1.48. The van der Waals surface area contributed by atoms with Gasteiger partial charge in [-0.3, -0.25) is 29.5 Å². The van der Waals surface area contributed by atoms with Crippen LogP contribution in [0.3, 0.4) is 0 Å². The number of aromatic hydroxyl groups is 1. The van der Waals surface area contributed by atoms with Crippen molar-refractivity contribution < 1.29 is 29.0 Å². The maximum atomic E-state index is 15.2. The fraction of sp³-hybridized carbons (Fsp3) is 0.314. The van der Waals surface area contributed by atoms with E-state index in [9.17, 15) is 19.5 Å². The predicted molar refractivity (Wildman–Crippen MR) is 171 cm³/mol. The van der Waals surface area contributed by atoms with Crippen LogP contribution in [0.1, 0.15) is 35.4 Å². The molecule has 6 unspecified atom stereocenters. The summed E-state index contributed by atoms with van der Waals surface area (Å²) in [4.78, 5) is 57.7. The third kappa shape index (κ3) is 4.21. The number of carbonyl (C=O) groups is 4. The Morgan fingerprint density at radius 3 is 2.35 bits per heavy atom. The molecule has 6 atom stereocenters. The number of hydrogen-bond acceptors (Lipinski definition) is 7. The van der Waals surface area contributed by atoms with E-state index in [4.69, 9.17) is 27.9 Å². The summed E-state index contributed by atoms with van der Waals surface area (Å²) < 4.78 is 5.43. The summed E-state index contributed by atoms with van der Waals surface area (Å²) in [5.74, 6) is -4.06. The average Bonchev–Trinajstić information content (AvgIpc) is 3.40. The predicted octanol–water partition coefficient (Wildman–Crippen LogP) is 5.63. The summed E-state index contributed by atoms with van der Waals surface area (Å²) in [6, 6.07) is 17.0. The zero-order valence-corrected chi connectivity index (χ0v) is 26.8. The standard InChI is InChI=1S/C35H31Cl2N3O6/c1-17-14-18(4-13-28(17)41)30-22-10-11-23-29(33(44)39(2)31(23)42)24(22)16-25-32(43)40(38-27-12-7-20(36)15-26(27)37)34(45)35(25,30)19-5-8-21(46-3)9-6-19/h4-10,12-15,23-25,29-30,38,41H,11,16H2,1-3H3. The third-order valence-electron chi connectivity index (χ3n) is 10.4. The lowest BCUT2D eigenvalue weighted by Gasteiger charge is -2.50. The largest absolute Gasteiger partial charge is 0.508 e. The number of hydrogen-bond donors (Lipinski definition) is 2. The van der Waals surface area contributed by atoms with Gasteiger partial charge >= 0.3 is 0 Å². The number of fused-ring (bicyclic) bond motifs is 4. The molecule has 0 bridgehead atoms. The third-order valence-corrected chi connectivity index (χ3v) is 10.9. The molecule has 4 amide bonds. The Morgan fingerprint density at radius 2 is 1.67 bits per heavy atom. The fourth-order valence-electron chi connectivity index (χ4n) is 8.23. The lowest BCUT2D eigenvalue weighted by Crippen LogP contribution is -2.53. The molecule has 3 aromatic carbocycles. The summed E-state index contributed by atoms with van der Waals surface area (Å²) >= 11 is 12.6. The zero-order valence-electron chi connectivity index (χ0n) is 25.3. The van der Waals surface area contributed by atoms with Crippen LogP contribution in [-0.4, -0.2) is 52.8 Å². The molecule has 2 aliphatic heterocycles. The van der Waals surface area contributed by atoms with Crippen LogP contribution in [0, 0.1) is 30.6 Å². The lowest BCUT2D eigenvalue weighted by atomic mass is 9.49. The molecule has 2 aliphatic carbocycles. The molecule has 2 heterocycles. The van der Waals surface area contributed by atoms with Crippen molar-refractivity contribution in [1.29, 1.82) is 0 Å². The molecular formula is C35H31Cl2N3O6. The molecule has 0 spiro atoms. The summed E-state index contributed by atoms with van der Waals surface area (Å²) in [5, 5.41) is 12.1. The van der Waals surface area contributed by atoms with E-state index in [0.29, 0.717) is 39.6 Å². The van der Waals surface area contributed by atoms with Gasteiger partial charge in [-0.15, -0.1) is 0 Å². The Morgan fingerprint density at radius 1 is 0.935 bits per heavy atom. The van der Waals surface area contributed by atoms with E-state index < -0.39 is 46.8 Å². The van der Waals surface area contributed by atoms with E-state index in [1.807, 2.05) is 12.1 Å². The summed E-state index contributed by atoms with van der Waals surface area (Å²) in [6.45, 7) is 1.77. The second kappa shape index (κ2) is 10.9. The first kappa shape index (κ1) is 30.3. The van der Waals surface area contributed by atoms with Gasteiger partial charge in [-0.2, -0.15) is 5.01 Å². The maximum absolute atomic E-state index is 15.2. The van der Waals surface area contributed by atoms with Crippen molar-refractivity contribution in [3.8, 4) is 11.5 Å². The van der Waals surface area contributed by atoms with Gasteiger partial charge in [0.25, 0.3) is 11.8 Å². The molecule has 236 valence electrons. The highest BCUT2D eigenvalue weighted by molar-refractivity contribution is 6.36. The number of aryl methyl sites for hydroxylation is 1. The Hall–Kier alpha value is -4.34. The number of phenolic OH excluding ortho intramolecular Hbond substituents is 1. The summed E-state index contributed by atoms with van der Waals surface area (Å²) in [6.07, 6.45) is 2.51. The van der Waals surface area contributed by atoms with E-state index in [-0.39, 0.29) is 29.0 Å². The first-order chi connectivity index (χ1) is 22.0. The first-order valence-corrected chi connectivity index (χ1v) is 15.8. The number of benzene rings is 3. The number of carbonyl (C=O) groups excluding carboxylic acids is 4. The van der Waals surface area contributed by atoms with Gasteiger partial charge in [0.1, 0.15) is 11.5 Å². The minimum Gasteiger partial charge on any atom is -0.508 e. The number of ether oxygens (including phenoxy) is 1. The van der Waals surface area contributed by atoms with Gasteiger partial charge < -0.3 is 9.84 Å². The number of nitrogens with one attached hydrogen (secondary N) is 1. The summed E-state index contributed by atoms with van der Waals surface area (Å²) in [7, 11) is 3.05. The highest BCUT2D eigenvalue weighted by atomic mass is 35.5. The highest BCUT2D eigenvalue weighted by Crippen LogP contribution is 2.64. The van der Waals surface area contributed by atoms with E-state index >= 15 is 4.79 Å². The molecule has 46 heavy (non-hydrogen) atoms. The van der Waals surface area contributed by atoms with Gasteiger partial charge in [0.15, 0.2) is 0 Å². The number of methoxy groups -OCH3 is 1. The number of hydrazine groups is 1. The average molecular weight is 661 g/mol. The van der Waals surface area contributed by atoms with E-state index in [1.54, 1.807) is 62.6 Å². The van der Waals surface area contributed by atoms with Gasteiger partial charge in [-0.05, 0) is 78.8 Å². The van der Waals surface area contributed by atoms with Crippen molar-refractivity contribution in [1.82, 2.24) is 9.91 Å². The van der Waals surface area contributed by atoms with Crippen LogP contribution in [0.25, 0.3) is 0 Å². The second-order valence-electron chi connectivity index (χ2n) is 12.5. The maximum Gasteiger partial charge on any atom is 0.260 e. The molecule has 2 saturated heterocycles. The minimum absolute atomic E-state index is 0.0940. The molecule has 4 aliphatic rings. The van der Waals surface area contributed by atoms with E-state index in [0.717, 1.165) is 10.6 Å². The number of phenols is 1. The van der Waals surface area contributed by atoms with Gasteiger partial charge in [0, 0.05) is 18.0 Å². The van der Waals surface area contributed by atoms with E-state index in [1.165, 1.54) is 18.0 Å². The normalized spacial score (nSPS) is 28.5. The molecule has 7 rings (SSSR count). The molecule has 0 radical (unpaired) electrons. The molecular weight excluding hydrogens is 629 g/mol. The van der Waals surface area contributed by atoms with Gasteiger partial charge in [-0.1, -0.05) is 59.1 Å². The fourth-order valence-corrected chi connectivity index (χ4v) is 8.68. The first-order valence-electron chi connectivity index (χ1n) is 15.0. The van der Waals surface area contributed by atoms with Crippen LogP contribution in [0.2, 0.25) is 10.0 Å². The van der Waals surface area contributed by atoms with Crippen molar-refractivity contribution >= 4 is 52.5 Å². The van der Waals surface area contributed by atoms with Crippen molar-refractivity contribution in [3.05, 3.63) is 99.0 Å². The minimum atomic E-state index is -1.45. The number of halogens is 2. The molecule has 2 N–H and O–H groups in total. The van der Waals surface area contributed by atoms with Crippen molar-refractivity contribution in [3.63, 3.8) is 0 Å². The van der Waals surface area contributed by atoms with Crippen LogP contribution in [0.5, 0.6) is 11.5 Å². The molecule has 3 aromatic rings. The molecule has 0 aromatic heterocycles. The number of likely N-dealkylation sites (tertiary alicyclic amines) is 1. The topological polar surface area (TPSA) is 116 Å². The van der Waals surface area contributed by atoms with Crippen LogP contribution in [-0.2, 0) is 24.6 Å². The van der Waals surface area contributed by atoms with Crippen LogP contribution in [0.15, 0.2) is 72.3 Å². The number of imide groups is 2. The quantitative estimate of drug-likeness (QED) is 0.269. The van der Waals surface area contributed by atoms with Gasteiger partial charge in [0.2, 0.25) is 11.8 Å². The van der Waals surface area contributed by atoms with Crippen molar-refractivity contribution in [2.45, 2.75) is 31.1 Å². The molecule has 1 saturated carbocycles. The van der Waals surface area contributed by atoms with Crippen molar-refractivity contribution in [2.75, 3.05) is 19.6 Å². The lowest BCUT2D eigenvalue weighted by molar-refractivity contribution is -0.140. The Kier molecular flexibility index (Phi) is 7.17. The van der Waals surface area contributed by atoms with Crippen LogP contribution in [0.4, 0.5) is 5.69 Å². The van der Waals surface area contributed by atoms with Crippen LogP contribution >= 0.6 is 23.2 Å². The number of nitrogens with zero attached hydrogens (tertiary/aromatic N) is 2. The molecule has 9 nitrogen and oxygen atoms in total. The molecule has 3 fully saturated rings. The van der Waals surface area contributed by atoms with Gasteiger partial charge in [-0.25, -0.2) is 0 Å². The van der Waals surface area contributed by atoms with Crippen LogP contribution < -0.4 is 10.2 Å². The second-order valence-corrected chi connectivity index (χ2v) is 13.3. The smallest absolute Gasteiger partial charge is 0.260 e. The van der Waals surface area contributed by atoms with Gasteiger partial charge in [0.05, 0.1) is 41.0 Å². The Labute approximate surface area is 275 Å². The highest BCUT2D eigenvalue weighted by Gasteiger charge is 2.70. The number of allylic oxidation sites excluding steroid dienone is 2. The monoisotopic (exact) mass is 659 g/mol. The summed E-state index contributed by atoms with van der Waals surface area (Å²) in [5.41, 5.74) is 4.60. The number of rotatable bonds is 5.